The van der Waals surface area contributed by atoms with Crippen LogP contribution in [0.2, 0.25) is 5.02 Å². The lowest BCUT2D eigenvalue weighted by Gasteiger charge is -2.19. The van der Waals surface area contributed by atoms with Gasteiger partial charge in [-0.15, -0.1) is 0 Å². The summed E-state index contributed by atoms with van der Waals surface area (Å²) >= 11 is 6.21. The summed E-state index contributed by atoms with van der Waals surface area (Å²) in [5.74, 6) is 0.736. The first-order chi connectivity index (χ1) is 8.75. The predicted octanol–water partition coefficient (Wildman–Crippen LogP) is 4.49. The third-order valence-electron chi connectivity index (χ3n) is 3.92. The monoisotopic (exact) mass is 260 g/mol. The van der Waals surface area contributed by atoms with E-state index in [0.717, 1.165) is 27.5 Å². The van der Waals surface area contributed by atoms with Gasteiger partial charge in [-0.3, -0.25) is 4.98 Å². The van der Waals surface area contributed by atoms with Crippen molar-refractivity contribution in [3.8, 4) is 0 Å². The minimum absolute atomic E-state index is 0.566. The molecule has 94 valence electrons. The molecule has 0 radical (unpaired) electrons. The van der Waals surface area contributed by atoms with E-state index >= 15 is 0 Å². The minimum atomic E-state index is 0.566. The second kappa shape index (κ2) is 4.77. The van der Waals surface area contributed by atoms with E-state index in [0.29, 0.717) is 6.04 Å². The number of rotatable bonds is 2. The number of benzene rings is 1. The van der Waals surface area contributed by atoms with Gasteiger partial charge in [-0.2, -0.15) is 0 Å². The van der Waals surface area contributed by atoms with Crippen LogP contribution in [-0.4, -0.2) is 11.0 Å². The zero-order valence-electron chi connectivity index (χ0n) is 10.5. The molecule has 1 fully saturated rings. The van der Waals surface area contributed by atoms with Crippen LogP contribution in [0.15, 0.2) is 30.5 Å². The summed E-state index contributed by atoms with van der Waals surface area (Å²) in [6, 6.07) is 8.51. The Bertz CT molecular complexity index is 567. The fourth-order valence-electron chi connectivity index (χ4n) is 2.81. The Morgan fingerprint density at radius 3 is 2.94 bits per heavy atom. The lowest BCUT2D eigenvalue weighted by Crippen LogP contribution is -2.21. The van der Waals surface area contributed by atoms with Crippen molar-refractivity contribution in [2.75, 3.05) is 5.32 Å². The number of anilines is 1. The van der Waals surface area contributed by atoms with Crippen LogP contribution in [0.4, 0.5) is 5.69 Å². The summed E-state index contributed by atoms with van der Waals surface area (Å²) in [5, 5.41) is 5.43. The van der Waals surface area contributed by atoms with Gasteiger partial charge in [0.1, 0.15) is 0 Å². The highest BCUT2D eigenvalue weighted by molar-refractivity contribution is 6.35. The highest BCUT2D eigenvalue weighted by Gasteiger charge is 2.23. The van der Waals surface area contributed by atoms with Crippen molar-refractivity contribution >= 4 is 28.2 Å². The number of hydrogen-bond acceptors (Lipinski definition) is 2. The number of fused-ring (bicyclic) bond motifs is 1. The molecule has 0 saturated heterocycles. The SMILES string of the molecule is CC1CCCC1Nc1ccc(Cl)c2cccnc12. The Morgan fingerprint density at radius 2 is 2.17 bits per heavy atom. The maximum Gasteiger partial charge on any atom is 0.0948 e. The van der Waals surface area contributed by atoms with Crippen LogP contribution in [0.5, 0.6) is 0 Å². The summed E-state index contributed by atoms with van der Waals surface area (Å²) in [6.07, 6.45) is 5.70. The average Bonchev–Trinajstić information content (AvgIpc) is 2.79. The van der Waals surface area contributed by atoms with E-state index in [1.165, 1.54) is 19.3 Å². The summed E-state index contributed by atoms with van der Waals surface area (Å²) < 4.78 is 0. The quantitative estimate of drug-likeness (QED) is 0.861. The fraction of sp³-hybridized carbons (Fsp3) is 0.400. The van der Waals surface area contributed by atoms with E-state index in [1.54, 1.807) is 0 Å². The molecule has 1 aromatic carbocycles. The molecule has 2 unspecified atom stereocenters. The van der Waals surface area contributed by atoms with Crippen molar-refractivity contribution in [3.05, 3.63) is 35.5 Å². The molecule has 0 amide bonds. The van der Waals surface area contributed by atoms with E-state index in [4.69, 9.17) is 11.6 Å². The van der Waals surface area contributed by atoms with Gasteiger partial charge in [0, 0.05) is 17.6 Å². The van der Waals surface area contributed by atoms with Crippen LogP contribution in [0.1, 0.15) is 26.2 Å². The smallest absolute Gasteiger partial charge is 0.0948 e. The lowest BCUT2D eigenvalue weighted by molar-refractivity contribution is 0.557. The molecule has 1 aliphatic carbocycles. The van der Waals surface area contributed by atoms with Crippen molar-refractivity contribution in [3.63, 3.8) is 0 Å². The van der Waals surface area contributed by atoms with Crippen molar-refractivity contribution in [2.24, 2.45) is 5.92 Å². The van der Waals surface area contributed by atoms with Crippen molar-refractivity contribution in [1.29, 1.82) is 0 Å². The third kappa shape index (κ3) is 2.05. The maximum atomic E-state index is 6.21. The fourth-order valence-corrected chi connectivity index (χ4v) is 3.03. The summed E-state index contributed by atoms with van der Waals surface area (Å²) in [4.78, 5) is 4.46. The van der Waals surface area contributed by atoms with Crippen LogP contribution in [-0.2, 0) is 0 Å². The van der Waals surface area contributed by atoms with Gasteiger partial charge in [0.05, 0.1) is 16.2 Å². The number of nitrogens with one attached hydrogen (secondary N) is 1. The van der Waals surface area contributed by atoms with E-state index in [1.807, 2.05) is 30.5 Å². The first-order valence-electron chi connectivity index (χ1n) is 6.55. The van der Waals surface area contributed by atoms with Crippen LogP contribution in [0.25, 0.3) is 10.9 Å². The van der Waals surface area contributed by atoms with Crippen molar-refractivity contribution < 1.29 is 0 Å². The number of nitrogens with zero attached hydrogens (tertiary/aromatic N) is 1. The highest BCUT2D eigenvalue weighted by atomic mass is 35.5. The maximum absolute atomic E-state index is 6.21. The lowest BCUT2D eigenvalue weighted by atomic mass is 10.1. The molecule has 1 aliphatic rings. The first-order valence-corrected chi connectivity index (χ1v) is 6.93. The first kappa shape index (κ1) is 11.8. The minimum Gasteiger partial charge on any atom is -0.380 e. The molecule has 0 aliphatic heterocycles. The predicted molar refractivity (Wildman–Crippen MR) is 77.2 cm³/mol. The topological polar surface area (TPSA) is 24.9 Å². The second-order valence-electron chi connectivity index (χ2n) is 5.15. The van der Waals surface area contributed by atoms with E-state index in [2.05, 4.69) is 17.2 Å². The zero-order valence-corrected chi connectivity index (χ0v) is 11.2. The van der Waals surface area contributed by atoms with Gasteiger partial charge in [-0.1, -0.05) is 24.9 Å². The number of pyridine rings is 1. The molecule has 3 rings (SSSR count). The summed E-state index contributed by atoms with van der Waals surface area (Å²) in [6.45, 7) is 2.32. The largest absolute Gasteiger partial charge is 0.380 e. The molecule has 3 heteroatoms. The van der Waals surface area contributed by atoms with Crippen molar-refractivity contribution in [1.82, 2.24) is 4.98 Å². The normalized spacial score (nSPS) is 23.4. The molecule has 18 heavy (non-hydrogen) atoms. The van der Waals surface area contributed by atoms with Crippen LogP contribution in [0, 0.1) is 5.92 Å². The summed E-state index contributed by atoms with van der Waals surface area (Å²) in [5.41, 5.74) is 2.08. The van der Waals surface area contributed by atoms with Crippen LogP contribution >= 0.6 is 11.6 Å². The molecule has 1 N–H and O–H groups in total. The van der Waals surface area contributed by atoms with Gasteiger partial charge in [0.2, 0.25) is 0 Å². The Hall–Kier alpha value is -1.28. The Labute approximate surface area is 112 Å². The van der Waals surface area contributed by atoms with Gasteiger partial charge in [0.15, 0.2) is 0 Å². The van der Waals surface area contributed by atoms with Gasteiger partial charge < -0.3 is 5.32 Å². The van der Waals surface area contributed by atoms with E-state index < -0.39 is 0 Å². The molecule has 2 nitrogen and oxygen atoms in total. The van der Waals surface area contributed by atoms with Crippen molar-refractivity contribution in [2.45, 2.75) is 32.2 Å². The average molecular weight is 261 g/mol. The van der Waals surface area contributed by atoms with Gasteiger partial charge in [-0.25, -0.2) is 0 Å². The Kier molecular flexibility index (Phi) is 3.13. The van der Waals surface area contributed by atoms with E-state index in [-0.39, 0.29) is 0 Å². The Morgan fingerprint density at radius 1 is 1.28 bits per heavy atom. The molecule has 2 aromatic rings. The van der Waals surface area contributed by atoms with Gasteiger partial charge in [0.25, 0.3) is 0 Å². The molecule has 1 heterocycles. The number of hydrogen-bond donors (Lipinski definition) is 1. The third-order valence-corrected chi connectivity index (χ3v) is 4.25. The molecule has 2 atom stereocenters. The molecule has 1 saturated carbocycles. The van der Waals surface area contributed by atoms with Gasteiger partial charge >= 0.3 is 0 Å². The molecule has 0 bridgehead atoms. The molecule has 0 spiro atoms. The van der Waals surface area contributed by atoms with Crippen LogP contribution < -0.4 is 5.32 Å². The standard InChI is InChI=1S/C15H17ClN2/c1-10-4-2-6-13(10)18-14-8-7-12(16)11-5-3-9-17-15(11)14/h3,5,7-10,13,18H,2,4,6H2,1H3. The Balaban J connectivity index is 1.99. The second-order valence-corrected chi connectivity index (χ2v) is 5.56. The number of aromatic nitrogens is 1. The van der Waals surface area contributed by atoms with Gasteiger partial charge in [-0.05, 0) is 43.0 Å². The highest BCUT2D eigenvalue weighted by Crippen LogP contribution is 2.32. The number of halogens is 1. The molecule has 1 aromatic heterocycles. The molecular weight excluding hydrogens is 244 g/mol. The van der Waals surface area contributed by atoms with E-state index in [9.17, 15) is 0 Å². The van der Waals surface area contributed by atoms with Crippen LogP contribution in [0.3, 0.4) is 0 Å². The summed E-state index contributed by atoms with van der Waals surface area (Å²) in [7, 11) is 0. The molecular formula is C15H17ClN2. The zero-order chi connectivity index (χ0) is 12.5.